The number of anilines is 1. The fraction of sp³-hybridized carbons (Fsp3) is 0.300. The average molecular weight is 404 g/mol. The smallest absolute Gasteiger partial charge is 0.253 e. The molecule has 0 spiro atoms. The maximum atomic E-state index is 12.5. The molecule has 0 radical (unpaired) electrons. The number of halogens is 1. The van der Waals surface area contributed by atoms with Crippen LogP contribution in [0.25, 0.3) is 0 Å². The largest absolute Gasteiger partial charge is 0.495 e. The molecule has 7 heteroatoms. The normalized spacial score (nSPS) is 14.5. The Balaban J connectivity index is 1.51. The van der Waals surface area contributed by atoms with Crippen LogP contribution in [0.5, 0.6) is 5.75 Å². The highest BCUT2D eigenvalue weighted by Crippen LogP contribution is 2.27. The van der Waals surface area contributed by atoms with Gasteiger partial charge < -0.3 is 20.3 Å². The van der Waals surface area contributed by atoms with Gasteiger partial charge in [0, 0.05) is 29.7 Å². The second kappa shape index (κ2) is 9.06. The van der Waals surface area contributed by atoms with Crippen LogP contribution >= 0.6 is 23.8 Å². The molecule has 2 aromatic carbocycles. The number of hydrogen-bond acceptors (Lipinski definition) is 3. The molecule has 27 heavy (non-hydrogen) atoms. The first-order valence-electron chi connectivity index (χ1n) is 8.82. The molecule has 3 rings (SSSR count). The van der Waals surface area contributed by atoms with Crippen molar-refractivity contribution in [3.8, 4) is 5.75 Å². The van der Waals surface area contributed by atoms with E-state index in [0.717, 1.165) is 24.1 Å². The fourth-order valence-electron chi connectivity index (χ4n) is 3.11. The molecule has 2 N–H and O–H groups in total. The number of likely N-dealkylation sites (tertiary alicyclic amines) is 1. The van der Waals surface area contributed by atoms with Crippen molar-refractivity contribution in [2.75, 3.05) is 25.5 Å². The topological polar surface area (TPSA) is 53.6 Å². The van der Waals surface area contributed by atoms with E-state index in [2.05, 4.69) is 10.6 Å². The molecule has 1 aliphatic heterocycles. The highest BCUT2D eigenvalue weighted by molar-refractivity contribution is 7.80. The predicted octanol–water partition coefficient (Wildman–Crippen LogP) is 3.94. The van der Waals surface area contributed by atoms with Crippen LogP contribution < -0.4 is 15.4 Å². The molecule has 0 unspecified atom stereocenters. The van der Waals surface area contributed by atoms with Crippen LogP contribution in [-0.4, -0.2) is 42.2 Å². The van der Waals surface area contributed by atoms with Gasteiger partial charge in [-0.1, -0.05) is 29.8 Å². The monoisotopic (exact) mass is 403 g/mol. The number of thiocarbonyl (C=S) groups is 1. The van der Waals surface area contributed by atoms with Crippen LogP contribution in [0.2, 0.25) is 5.02 Å². The molecular formula is C20H22ClN3O2S. The first kappa shape index (κ1) is 19.5. The quantitative estimate of drug-likeness (QED) is 0.757. The van der Waals surface area contributed by atoms with Crippen molar-refractivity contribution in [1.82, 2.24) is 10.2 Å². The third kappa shape index (κ3) is 5.11. The molecule has 1 heterocycles. The van der Waals surface area contributed by atoms with Gasteiger partial charge >= 0.3 is 0 Å². The molecule has 1 fully saturated rings. The molecule has 0 saturated carbocycles. The predicted molar refractivity (Wildman–Crippen MR) is 113 cm³/mol. The third-order valence-electron chi connectivity index (χ3n) is 4.55. The number of amides is 1. The number of hydrogen-bond donors (Lipinski definition) is 2. The highest BCUT2D eigenvalue weighted by Gasteiger charge is 2.24. The van der Waals surface area contributed by atoms with E-state index in [-0.39, 0.29) is 11.9 Å². The summed E-state index contributed by atoms with van der Waals surface area (Å²) in [6, 6.07) is 14.9. The molecule has 0 bridgehead atoms. The van der Waals surface area contributed by atoms with E-state index in [0.29, 0.717) is 29.0 Å². The van der Waals surface area contributed by atoms with Gasteiger partial charge in [-0.3, -0.25) is 4.79 Å². The minimum Gasteiger partial charge on any atom is -0.495 e. The van der Waals surface area contributed by atoms with Crippen molar-refractivity contribution in [1.29, 1.82) is 0 Å². The van der Waals surface area contributed by atoms with Crippen LogP contribution in [0.4, 0.5) is 5.69 Å². The lowest BCUT2D eigenvalue weighted by Gasteiger charge is -2.33. The van der Waals surface area contributed by atoms with Crippen molar-refractivity contribution in [3.63, 3.8) is 0 Å². The molecular weight excluding hydrogens is 382 g/mol. The standard InChI is InChI=1S/C20H22ClN3O2S/c1-26-18-8-7-15(21)13-17(18)23-20(27)22-16-9-11-24(12-10-16)19(25)14-5-3-2-4-6-14/h2-8,13,16H,9-12H2,1H3,(H2,22,23,27). The van der Waals surface area contributed by atoms with Gasteiger partial charge in [0.15, 0.2) is 5.11 Å². The summed E-state index contributed by atoms with van der Waals surface area (Å²) in [7, 11) is 1.60. The number of ether oxygens (including phenoxy) is 1. The van der Waals surface area contributed by atoms with Crippen LogP contribution in [-0.2, 0) is 0 Å². The van der Waals surface area contributed by atoms with Crippen molar-refractivity contribution in [2.24, 2.45) is 0 Å². The lowest BCUT2D eigenvalue weighted by atomic mass is 10.0. The number of benzene rings is 2. The summed E-state index contributed by atoms with van der Waals surface area (Å²) in [6.07, 6.45) is 1.68. The van der Waals surface area contributed by atoms with E-state index >= 15 is 0 Å². The lowest BCUT2D eigenvalue weighted by molar-refractivity contribution is 0.0710. The molecule has 1 saturated heterocycles. The van der Waals surface area contributed by atoms with Gasteiger partial charge in [-0.05, 0) is 55.4 Å². The van der Waals surface area contributed by atoms with Crippen LogP contribution in [0.15, 0.2) is 48.5 Å². The van der Waals surface area contributed by atoms with Crippen LogP contribution in [0.3, 0.4) is 0 Å². The first-order chi connectivity index (χ1) is 13.1. The van der Waals surface area contributed by atoms with Crippen molar-refractivity contribution < 1.29 is 9.53 Å². The minimum absolute atomic E-state index is 0.0819. The Hall–Kier alpha value is -2.31. The lowest BCUT2D eigenvalue weighted by Crippen LogP contribution is -2.47. The number of carbonyl (C=O) groups is 1. The molecule has 5 nitrogen and oxygen atoms in total. The van der Waals surface area contributed by atoms with Gasteiger partial charge in [0.05, 0.1) is 12.8 Å². The number of nitrogens with one attached hydrogen (secondary N) is 2. The van der Waals surface area contributed by atoms with Crippen LogP contribution in [0, 0.1) is 0 Å². The summed E-state index contributed by atoms with van der Waals surface area (Å²) < 4.78 is 5.32. The Morgan fingerprint density at radius 3 is 2.56 bits per heavy atom. The Labute approximate surface area is 169 Å². The van der Waals surface area contributed by atoms with E-state index in [9.17, 15) is 4.79 Å². The Kier molecular flexibility index (Phi) is 6.53. The Bertz CT molecular complexity index is 808. The molecule has 1 amide bonds. The maximum Gasteiger partial charge on any atom is 0.253 e. The van der Waals surface area contributed by atoms with Crippen molar-refractivity contribution in [3.05, 3.63) is 59.1 Å². The molecule has 0 aliphatic carbocycles. The number of carbonyl (C=O) groups excluding carboxylic acids is 1. The van der Waals surface area contributed by atoms with E-state index in [1.165, 1.54) is 0 Å². The SMILES string of the molecule is COc1ccc(Cl)cc1NC(=S)NC1CCN(C(=O)c2ccccc2)CC1. The summed E-state index contributed by atoms with van der Waals surface area (Å²) in [4.78, 5) is 14.4. The summed E-state index contributed by atoms with van der Waals surface area (Å²) in [5.74, 6) is 0.755. The molecule has 142 valence electrons. The van der Waals surface area contributed by atoms with E-state index in [1.54, 1.807) is 25.3 Å². The van der Waals surface area contributed by atoms with Gasteiger partial charge in [0.25, 0.3) is 5.91 Å². The Morgan fingerprint density at radius 1 is 1.19 bits per heavy atom. The second-order valence-corrected chi connectivity index (χ2v) is 7.22. The van der Waals surface area contributed by atoms with Crippen molar-refractivity contribution in [2.45, 2.75) is 18.9 Å². The van der Waals surface area contributed by atoms with Gasteiger partial charge in [0.2, 0.25) is 0 Å². The zero-order valence-electron chi connectivity index (χ0n) is 15.1. The minimum atomic E-state index is 0.0819. The third-order valence-corrected chi connectivity index (χ3v) is 5.00. The molecule has 0 aromatic heterocycles. The number of rotatable bonds is 4. The maximum absolute atomic E-state index is 12.5. The number of piperidine rings is 1. The van der Waals surface area contributed by atoms with Gasteiger partial charge in [-0.25, -0.2) is 0 Å². The average Bonchev–Trinajstić information content (AvgIpc) is 2.69. The zero-order chi connectivity index (χ0) is 19.2. The van der Waals surface area contributed by atoms with Gasteiger partial charge in [-0.2, -0.15) is 0 Å². The molecule has 1 aliphatic rings. The van der Waals surface area contributed by atoms with Crippen molar-refractivity contribution >= 4 is 40.5 Å². The summed E-state index contributed by atoms with van der Waals surface area (Å²) in [5.41, 5.74) is 1.45. The summed E-state index contributed by atoms with van der Waals surface area (Å²) in [6.45, 7) is 1.41. The van der Waals surface area contributed by atoms with E-state index < -0.39 is 0 Å². The van der Waals surface area contributed by atoms with Crippen LogP contribution in [0.1, 0.15) is 23.2 Å². The Morgan fingerprint density at radius 2 is 1.89 bits per heavy atom. The number of nitrogens with zero attached hydrogens (tertiary/aromatic N) is 1. The highest BCUT2D eigenvalue weighted by atomic mass is 35.5. The summed E-state index contributed by atoms with van der Waals surface area (Å²) in [5, 5.41) is 7.58. The number of methoxy groups -OCH3 is 1. The summed E-state index contributed by atoms with van der Waals surface area (Å²) >= 11 is 11.5. The molecule has 2 aromatic rings. The zero-order valence-corrected chi connectivity index (χ0v) is 16.6. The second-order valence-electron chi connectivity index (χ2n) is 6.38. The fourth-order valence-corrected chi connectivity index (χ4v) is 3.56. The van der Waals surface area contributed by atoms with Gasteiger partial charge in [0.1, 0.15) is 5.75 Å². The first-order valence-corrected chi connectivity index (χ1v) is 9.61. The van der Waals surface area contributed by atoms with E-state index in [1.807, 2.05) is 35.2 Å². The van der Waals surface area contributed by atoms with E-state index in [4.69, 9.17) is 28.6 Å². The van der Waals surface area contributed by atoms with Gasteiger partial charge in [-0.15, -0.1) is 0 Å². The molecule has 0 atom stereocenters.